The maximum atomic E-state index is 12.6. The van der Waals surface area contributed by atoms with Crippen LogP contribution in [0.5, 0.6) is 0 Å². The third-order valence-corrected chi connectivity index (χ3v) is 3.94. The van der Waals surface area contributed by atoms with Gasteiger partial charge < -0.3 is 10.0 Å². The molecule has 4 nitrogen and oxygen atoms in total. The van der Waals surface area contributed by atoms with Crippen LogP contribution in [0, 0.1) is 3.57 Å². The van der Waals surface area contributed by atoms with E-state index in [4.69, 9.17) is 16.7 Å². The van der Waals surface area contributed by atoms with Gasteiger partial charge in [-0.1, -0.05) is 11.6 Å². The second kappa shape index (κ2) is 6.76. The molecule has 0 fully saturated rings. The highest BCUT2D eigenvalue weighted by Gasteiger charge is 2.28. The minimum absolute atomic E-state index is 0.0832. The minimum Gasteiger partial charge on any atom is -0.481 e. The topological polar surface area (TPSA) is 57.6 Å². The quantitative estimate of drug-likeness (QED) is 0.772. The summed E-state index contributed by atoms with van der Waals surface area (Å²) in [4.78, 5) is 25.0. The first-order valence-corrected chi connectivity index (χ1v) is 7.57. The van der Waals surface area contributed by atoms with E-state index in [1.807, 2.05) is 20.8 Å². The number of benzene rings is 1. The van der Waals surface area contributed by atoms with E-state index in [9.17, 15) is 9.59 Å². The van der Waals surface area contributed by atoms with Crippen LogP contribution in [0.3, 0.4) is 0 Å². The summed E-state index contributed by atoms with van der Waals surface area (Å²) < 4.78 is 0.793. The van der Waals surface area contributed by atoms with Crippen LogP contribution in [0.15, 0.2) is 18.2 Å². The summed E-state index contributed by atoms with van der Waals surface area (Å²) in [6.07, 6.45) is -0.0832. The predicted octanol–water partition coefficient (Wildman–Crippen LogP) is 3.66. The lowest BCUT2D eigenvalue weighted by Crippen LogP contribution is -2.46. The first kappa shape index (κ1) is 17.2. The number of nitrogens with zero attached hydrogens (tertiary/aromatic N) is 1. The van der Waals surface area contributed by atoms with Crippen molar-refractivity contribution < 1.29 is 14.7 Å². The Morgan fingerprint density at radius 3 is 2.45 bits per heavy atom. The normalized spacial score (nSPS) is 11.2. The SMILES string of the molecule is CC(C)(C)N(CCC(=O)O)C(=O)c1cc(Cl)ccc1I. The van der Waals surface area contributed by atoms with Crippen molar-refractivity contribution in [2.75, 3.05) is 6.54 Å². The van der Waals surface area contributed by atoms with E-state index in [1.54, 1.807) is 23.1 Å². The molecule has 0 aromatic heterocycles. The second-order valence-corrected chi connectivity index (χ2v) is 6.99. The number of amides is 1. The summed E-state index contributed by atoms with van der Waals surface area (Å²) in [5.41, 5.74) is 0.0381. The van der Waals surface area contributed by atoms with E-state index in [1.165, 1.54) is 0 Å². The third-order valence-electron chi connectivity index (χ3n) is 2.76. The molecule has 0 unspecified atom stereocenters. The zero-order chi connectivity index (χ0) is 15.5. The van der Waals surface area contributed by atoms with Gasteiger partial charge in [0.2, 0.25) is 0 Å². The van der Waals surface area contributed by atoms with E-state index in [0.29, 0.717) is 10.6 Å². The van der Waals surface area contributed by atoms with Gasteiger partial charge in [0.15, 0.2) is 0 Å². The van der Waals surface area contributed by atoms with Crippen LogP contribution in [0.25, 0.3) is 0 Å². The molecule has 0 saturated heterocycles. The molecule has 1 amide bonds. The van der Waals surface area contributed by atoms with Crippen molar-refractivity contribution in [1.29, 1.82) is 0 Å². The van der Waals surface area contributed by atoms with Crippen LogP contribution in [0.4, 0.5) is 0 Å². The first-order chi connectivity index (χ1) is 9.12. The highest BCUT2D eigenvalue weighted by molar-refractivity contribution is 14.1. The Kier molecular flexibility index (Phi) is 5.82. The highest BCUT2D eigenvalue weighted by Crippen LogP contribution is 2.23. The first-order valence-electron chi connectivity index (χ1n) is 6.11. The van der Waals surface area contributed by atoms with Crippen LogP contribution >= 0.6 is 34.2 Å². The molecule has 6 heteroatoms. The lowest BCUT2D eigenvalue weighted by atomic mass is 10.0. The van der Waals surface area contributed by atoms with Crippen molar-refractivity contribution in [3.63, 3.8) is 0 Å². The van der Waals surface area contributed by atoms with Crippen LogP contribution in [-0.4, -0.2) is 34.0 Å². The monoisotopic (exact) mass is 409 g/mol. The highest BCUT2D eigenvalue weighted by atomic mass is 127. The van der Waals surface area contributed by atoms with Gasteiger partial charge in [-0.3, -0.25) is 9.59 Å². The zero-order valence-electron chi connectivity index (χ0n) is 11.6. The minimum atomic E-state index is -0.923. The van der Waals surface area contributed by atoms with Gasteiger partial charge in [-0.2, -0.15) is 0 Å². The fourth-order valence-electron chi connectivity index (χ4n) is 1.76. The molecule has 1 aromatic rings. The lowest BCUT2D eigenvalue weighted by Gasteiger charge is -2.35. The Balaban J connectivity index is 3.10. The van der Waals surface area contributed by atoms with Crippen LogP contribution in [-0.2, 0) is 4.79 Å². The predicted molar refractivity (Wildman–Crippen MR) is 87.2 cm³/mol. The lowest BCUT2D eigenvalue weighted by molar-refractivity contribution is -0.137. The number of halogens is 2. The molecule has 0 heterocycles. The number of carbonyl (C=O) groups excluding carboxylic acids is 1. The van der Waals surface area contributed by atoms with Crippen molar-refractivity contribution in [2.24, 2.45) is 0 Å². The molecule has 1 rings (SSSR count). The molecule has 0 radical (unpaired) electrons. The molecule has 1 N–H and O–H groups in total. The van der Waals surface area contributed by atoms with E-state index in [0.717, 1.165) is 3.57 Å². The largest absolute Gasteiger partial charge is 0.481 e. The Morgan fingerprint density at radius 2 is 1.95 bits per heavy atom. The van der Waals surface area contributed by atoms with Gasteiger partial charge in [0, 0.05) is 20.7 Å². The van der Waals surface area contributed by atoms with E-state index >= 15 is 0 Å². The van der Waals surface area contributed by atoms with Crippen molar-refractivity contribution >= 4 is 46.1 Å². The Labute approximate surface area is 137 Å². The molecular formula is C14H17ClINO3. The van der Waals surface area contributed by atoms with Gasteiger partial charge in [-0.25, -0.2) is 0 Å². The average molecular weight is 410 g/mol. The van der Waals surface area contributed by atoms with Crippen LogP contribution in [0.1, 0.15) is 37.6 Å². The van der Waals surface area contributed by atoms with Gasteiger partial charge in [0.05, 0.1) is 12.0 Å². The van der Waals surface area contributed by atoms with Crippen molar-refractivity contribution in [1.82, 2.24) is 4.90 Å². The van der Waals surface area contributed by atoms with E-state index in [-0.39, 0.29) is 18.9 Å². The van der Waals surface area contributed by atoms with Crippen molar-refractivity contribution in [3.05, 3.63) is 32.4 Å². The summed E-state index contributed by atoms with van der Waals surface area (Å²) in [6.45, 7) is 5.80. The van der Waals surface area contributed by atoms with Gasteiger partial charge in [0.25, 0.3) is 5.91 Å². The molecule has 0 saturated carbocycles. The number of carboxylic acids is 1. The van der Waals surface area contributed by atoms with Crippen LogP contribution in [0.2, 0.25) is 5.02 Å². The number of hydrogen-bond acceptors (Lipinski definition) is 2. The second-order valence-electron chi connectivity index (χ2n) is 5.40. The van der Waals surface area contributed by atoms with Crippen LogP contribution < -0.4 is 0 Å². The maximum absolute atomic E-state index is 12.6. The maximum Gasteiger partial charge on any atom is 0.305 e. The molecule has 1 aromatic carbocycles. The van der Waals surface area contributed by atoms with E-state index in [2.05, 4.69) is 22.6 Å². The molecule has 0 aliphatic carbocycles. The smallest absolute Gasteiger partial charge is 0.305 e. The van der Waals surface area contributed by atoms with E-state index < -0.39 is 11.5 Å². The van der Waals surface area contributed by atoms with Crippen molar-refractivity contribution in [2.45, 2.75) is 32.7 Å². The number of hydrogen-bond donors (Lipinski definition) is 1. The van der Waals surface area contributed by atoms with Gasteiger partial charge in [0.1, 0.15) is 0 Å². The average Bonchev–Trinajstić information content (AvgIpc) is 2.30. The summed E-state index contributed by atoms with van der Waals surface area (Å²) in [5, 5.41) is 9.31. The van der Waals surface area contributed by atoms with Gasteiger partial charge in [-0.15, -0.1) is 0 Å². The Morgan fingerprint density at radius 1 is 1.35 bits per heavy atom. The summed E-state index contributed by atoms with van der Waals surface area (Å²) in [5.74, 6) is -1.13. The number of carbonyl (C=O) groups is 2. The standard InChI is InChI=1S/C14H17ClINO3/c1-14(2,3)17(7-6-12(18)19)13(20)10-8-9(15)4-5-11(10)16/h4-5,8H,6-7H2,1-3H3,(H,18,19). The number of rotatable bonds is 4. The number of aliphatic carboxylic acids is 1. The summed E-state index contributed by atoms with van der Waals surface area (Å²) in [7, 11) is 0. The molecule has 0 atom stereocenters. The fourth-order valence-corrected chi connectivity index (χ4v) is 2.49. The Bertz CT molecular complexity index is 526. The molecule has 0 spiro atoms. The van der Waals surface area contributed by atoms with Gasteiger partial charge in [-0.05, 0) is 61.6 Å². The summed E-state index contributed by atoms with van der Waals surface area (Å²) in [6, 6.07) is 5.11. The molecular weight excluding hydrogens is 393 g/mol. The number of carboxylic acid groups (broad SMARTS) is 1. The van der Waals surface area contributed by atoms with Crippen molar-refractivity contribution in [3.8, 4) is 0 Å². The molecule has 110 valence electrons. The molecule has 0 aliphatic heterocycles. The van der Waals surface area contributed by atoms with Gasteiger partial charge >= 0.3 is 5.97 Å². The summed E-state index contributed by atoms with van der Waals surface area (Å²) >= 11 is 8.01. The zero-order valence-corrected chi connectivity index (χ0v) is 14.5. The molecule has 0 aliphatic rings. The molecule has 20 heavy (non-hydrogen) atoms. The molecule has 0 bridgehead atoms. The Hall–Kier alpha value is -0.820. The fraction of sp³-hybridized carbons (Fsp3) is 0.429. The third kappa shape index (κ3) is 4.63.